The maximum atomic E-state index is 12.4. The number of anilines is 2. The normalized spacial score (nSPS) is 15.0. The molecule has 1 fully saturated rings. The van der Waals surface area contributed by atoms with Crippen molar-refractivity contribution in [3.63, 3.8) is 0 Å². The molecule has 1 aliphatic heterocycles. The summed E-state index contributed by atoms with van der Waals surface area (Å²) in [7, 11) is 0. The van der Waals surface area contributed by atoms with E-state index in [9.17, 15) is 4.79 Å². The van der Waals surface area contributed by atoms with E-state index in [1.165, 1.54) is 11.8 Å². The molecule has 28 heavy (non-hydrogen) atoms. The van der Waals surface area contributed by atoms with E-state index in [4.69, 9.17) is 4.42 Å². The number of nitrogens with one attached hydrogen (secondary N) is 1. The molecular weight excluding hydrogens is 374 g/mol. The quantitative estimate of drug-likeness (QED) is 0.538. The lowest BCUT2D eigenvalue weighted by Gasteiger charge is -2.36. The molecule has 8 heteroatoms. The fourth-order valence-corrected chi connectivity index (χ4v) is 3.60. The molecule has 3 rings (SSSR count). The molecule has 2 aromatic rings. The largest absolute Gasteiger partial charge is 0.416 e. The molecule has 0 radical (unpaired) electrons. The summed E-state index contributed by atoms with van der Waals surface area (Å²) in [5.74, 6) is 0.895. The number of hydrogen-bond donors (Lipinski definition) is 1. The number of rotatable bonds is 8. The smallest absolute Gasteiger partial charge is 0.277 e. The molecule has 0 saturated carbocycles. The standard InChI is InChI=1S/C20H27N5O2S/c1-4-9-24-10-12-25(13-11-24)17-8-6-5-7-16(17)21-18(26)14-28-20-23-22-19(27-20)15(2)3/h4-8,15H,1,9-14H2,2-3H3,(H,21,26). The summed E-state index contributed by atoms with van der Waals surface area (Å²) in [6, 6.07) is 7.94. The summed E-state index contributed by atoms with van der Waals surface area (Å²) >= 11 is 1.25. The molecule has 0 aliphatic carbocycles. The van der Waals surface area contributed by atoms with Gasteiger partial charge >= 0.3 is 0 Å². The van der Waals surface area contributed by atoms with Crippen LogP contribution in [0.15, 0.2) is 46.6 Å². The Morgan fingerprint density at radius 1 is 1.29 bits per heavy atom. The maximum Gasteiger partial charge on any atom is 0.277 e. The van der Waals surface area contributed by atoms with Crippen LogP contribution < -0.4 is 10.2 Å². The Balaban J connectivity index is 1.56. The van der Waals surface area contributed by atoms with Gasteiger partial charge in [0.15, 0.2) is 0 Å². The third-order valence-corrected chi connectivity index (χ3v) is 5.34. The monoisotopic (exact) mass is 401 g/mol. The molecule has 0 bridgehead atoms. The van der Waals surface area contributed by atoms with Crippen molar-refractivity contribution >= 4 is 29.0 Å². The van der Waals surface area contributed by atoms with E-state index in [1.54, 1.807) is 0 Å². The summed E-state index contributed by atoms with van der Waals surface area (Å²) in [5.41, 5.74) is 1.89. The van der Waals surface area contributed by atoms with Crippen LogP contribution in [0, 0.1) is 0 Å². The van der Waals surface area contributed by atoms with Gasteiger partial charge in [-0.15, -0.1) is 16.8 Å². The predicted octanol–water partition coefficient (Wildman–Crippen LogP) is 3.23. The number of thioether (sulfide) groups is 1. The molecule has 7 nitrogen and oxygen atoms in total. The molecule has 1 aliphatic rings. The van der Waals surface area contributed by atoms with Gasteiger partial charge in [-0.05, 0) is 12.1 Å². The molecule has 0 spiro atoms. The van der Waals surface area contributed by atoms with Crippen LogP contribution in [0.1, 0.15) is 25.7 Å². The number of para-hydroxylation sites is 2. The van der Waals surface area contributed by atoms with Crippen molar-refractivity contribution in [1.82, 2.24) is 15.1 Å². The third-order valence-electron chi connectivity index (χ3n) is 4.52. The molecule has 1 aromatic heterocycles. The Kier molecular flexibility index (Phi) is 7.11. The van der Waals surface area contributed by atoms with Crippen LogP contribution >= 0.6 is 11.8 Å². The Morgan fingerprint density at radius 2 is 2.04 bits per heavy atom. The summed E-state index contributed by atoms with van der Waals surface area (Å²) in [5, 5.41) is 11.4. The molecule has 150 valence electrons. The van der Waals surface area contributed by atoms with Crippen molar-refractivity contribution in [3.8, 4) is 0 Å². The van der Waals surface area contributed by atoms with Gasteiger partial charge in [-0.1, -0.05) is 43.8 Å². The topological polar surface area (TPSA) is 74.5 Å². The summed E-state index contributed by atoms with van der Waals surface area (Å²) in [6.07, 6.45) is 1.94. The number of aromatic nitrogens is 2. The van der Waals surface area contributed by atoms with E-state index in [-0.39, 0.29) is 17.6 Å². The second-order valence-corrected chi connectivity index (χ2v) is 7.92. The second-order valence-electron chi connectivity index (χ2n) is 6.99. The summed E-state index contributed by atoms with van der Waals surface area (Å²) < 4.78 is 5.54. The first-order valence-electron chi connectivity index (χ1n) is 9.50. The van der Waals surface area contributed by atoms with E-state index in [0.717, 1.165) is 44.1 Å². The van der Waals surface area contributed by atoms with Crippen LogP contribution in [0.25, 0.3) is 0 Å². The van der Waals surface area contributed by atoms with Crippen LogP contribution in [0.2, 0.25) is 0 Å². The molecule has 1 N–H and O–H groups in total. The predicted molar refractivity (Wildman–Crippen MR) is 113 cm³/mol. The highest BCUT2D eigenvalue weighted by Gasteiger charge is 2.19. The Bertz CT molecular complexity index is 799. The molecule has 1 amide bonds. The first-order chi connectivity index (χ1) is 13.6. The van der Waals surface area contributed by atoms with E-state index < -0.39 is 0 Å². The number of carbonyl (C=O) groups excluding carboxylic acids is 1. The maximum absolute atomic E-state index is 12.4. The Hall–Kier alpha value is -2.32. The lowest BCUT2D eigenvalue weighted by atomic mass is 10.2. The van der Waals surface area contributed by atoms with Crippen molar-refractivity contribution < 1.29 is 9.21 Å². The number of nitrogens with zero attached hydrogens (tertiary/aromatic N) is 4. The number of benzene rings is 1. The average molecular weight is 402 g/mol. The fraction of sp³-hybridized carbons (Fsp3) is 0.450. The highest BCUT2D eigenvalue weighted by molar-refractivity contribution is 7.99. The van der Waals surface area contributed by atoms with Crippen molar-refractivity contribution in [1.29, 1.82) is 0 Å². The van der Waals surface area contributed by atoms with Crippen LogP contribution in [0.5, 0.6) is 0 Å². The first-order valence-corrected chi connectivity index (χ1v) is 10.5. The van der Waals surface area contributed by atoms with Crippen LogP contribution in [0.4, 0.5) is 11.4 Å². The minimum absolute atomic E-state index is 0.0907. The van der Waals surface area contributed by atoms with E-state index >= 15 is 0 Å². The van der Waals surface area contributed by atoms with Crippen molar-refractivity contribution in [2.45, 2.75) is 25.0 Å². The number of hydrogen-bond acceptors (Lipinski definition) is 7. The van der Waals surface area contributed by atoms with Gasteiger partial charge in [0.1, 0.15) is 0 Å². The number of amides is 1. The third kappa shape index (κ3) is 5.36. The zero-order valence-electron chi connectivity index (χ0n) is 16.4. The minimum atomic E-state index is -0.0907. The van der Waals surface area contributed by atoms with Gasteiger partial charge in [-0.2, -0.15) is 0 Å². The van der Waals surface area contributed by atoms with Gasteiger partial charge in [0, 0.05) is 38.6 Å². The SMILES string of the molecule is C=CCN1CCN(c2ccccc2NC(=O)CSc2nnc(C(C)C)o2)CC1. The molecule has 1 aromatic carbocycles. The molecule has 1 saturated heterocycles. The first kappa shape index (κ1) is 20.4. The fourth-order valence-electron chi connectivity index (χ4n) is 3.03. The Labute approximate surface area is 170 Å². The zero-order valence-corrected chi connectivity index (χ0v) is 17.2. The van der Waals surface area contributed by atoms with Gasteiger partial charge in [0.2, 0.25) is 11.8 Å². The van der Waals surface area contributed by atoms with Crippen LogP contribution in [0.3, 0.4) is 0 Å². The van der Waals surface area contributed by atoms with E-state index in [1.807, 2.05) is 38.1 Å². The molecular formula is C20H27N5O2S. The van der Waals surface area contributed by atoms with E-state index in [0.29, 0.717) is 11.1 Å². The average Bonchev–Trinajstić information content (AvgIpc) is 3.17. The molecule has 0 atom stereocenters. The summed E-state index contributed by atoms with van der Waals surface area (Å²) in [4.78, 5) is 17.1. The molecule has 0 unspecified atom stereocenters. The lowest BCUT2D eigenvalue weighted by Crippen LogP contribution is -2.46. The van der Waals surface area contributed by atoms with Gasteiger partial charge < -0.3 is 14.6 Å². The number of carbonyl (C=O) groups is 1. The zero-order chi connectivity index (χ0) is 19.9. The highest BCUT2D eigenvalue weighted by atomic mass is 32.2. The number of piperazine rings is 1. The van der Waals surface area contributed by atoms with Gasteiger partial charge in [0.05, 0.1) is 17.1 Å². The van der Waals surface area contributed by atoms with Gasteiger partial charge in [0.25, 0.3) is 5.22 Å². The van der Waals surface area contributed by atoms with Crippen LogP contribution in [-0.2, 0) is 4.79 Å². The minimum Gasteiger partial charge on any atom is -0.416 e. The highest BCUT2D eigenvalue weighted by Crippen LogP contribution is 2.27. The molecule has 2 heterocycles. The van der Waals surface area contributed by atoms with Gasteiger partial charge in [-0.3, -0.25) is 9.69 Å². The van der Waals surface area contributed by atoms with Crippen molar-refractivity contribution in [2.24, 2.45) is 0 Å². The van der Waals surface area contributed by atoms with E-state index in [2.05, 4.69) is 38.0 Å². The lowest BCUT2D eigenvalue weighted by molar-refractivity contribution is -0.113. The summed E-state index contributed by atoms with van der Waals surface area (Å²) in [6.45, 7) is 12.5. The van der Waals surface area contributed by atoms with Crippen LogP contribution in [-0.4, -0.2) is 59.5 Å². The van der Waals surface area contributed by atoms with Crippen molar-refractivity contribution in [3.05, 3.63) is 42.8 Å². The van der Waals surface area contributed by atoms with Crippen molar-refractivity contribution in [2.75, 3.05) is 48.7 Å². The van der Waals surface area contributed by atoms with Gasteiger partial charge in [-0.25, -0.2) is 0 Å². The Morgan fingerprint density at radius 3 is 2.71 bits per heavy atom. The second kappa shape index (κ2) is 9.75.